The molecule has 0 aromatic heterocycles. The number of ether oxygens (including phenoxy) is 2. The zero-order valence-electron chi connectivity index (χ0n) is 21.7. The summed E-state index contributed by atoms with van der Waals surface area (Å²) in [6.07, 6.45) is 2.61. The second kappa shape index (κ2) is 11.9. The van der Waals surface area contributed by atoms with Crippen molar-refractivity contribution in [3.05, 3.63) is 58.7 Å². The van der Waals surface area contributed by atoms with Crippen molar-refractivity contribution >= 4 is 17.4 Å². The molecule has 2 N–H and O–H groups in total. The lowest BCUT2D eigenvalue weighted by atomic mass is 9.94. The molecule has 0 spiro atoms. The highest BCUT2D eigenvalue weighted by molar-refractivity contribution is 6.46. The largest absolute Gasteiger partial charge is 0.872 e. The first-order chi connectivity index (χ1) is 17.2. The Morgan fingerprint density at radius 1 is 1.11 bits per heavy atom. The van der Waals surface area contributed by atoms with E-state index in [1.54, 1.807) is 30.3 Å². The molecule has 3 rings (SSSR count). The number of benzene rings is 2. The third-order valence-electron chi connectivity index (χ3n) is 6.32. The molecule has 1 saturated heterocycles. The number of phenolic OH excluding ortho intramolecular Hbond substituents is 1. The highest BCUT2D eigenvalue weighted by atomic mass is 16.5. The number of nitrogens with one attached hydrogen (secondary N) is 1. The van der Waals surface area contributed by atoms with Gasteiger partial charge in [-0.3, -0.25) is 9.59 Å². The molecule has 194 valence electrons. The number of nitrogens with zero attached hydrogens (tertiary/aromatic N) is 1. The molecule has 1 aliphatic rings. The van der Waals surface area contributed by atoms with Crippen LogP contribution in [0.4, 0.5) is 0 Å². The highest BCUT2D eigenvalue weighted by Crippen LogP contribution is 2.41. The van der Waals surface area contributed by atoms with Gasteiger partial charge in [0.15, 0.2) is 11.5 Å². The molecule has 2 aromatic rings. The van der Waals surface area contributed by atoms with Crippen LogP contribution in [0.1, 0.15) is 48.9 Å². The number of ketones is 1. The number of methoxy groups -OCH3 is 1. The smallest absolute Gasteiger partial charge is 0.295 e. The van der Waals surface area contributed by atoms with Crippen molar-refractivity contribution in [3.8, 4) is 17.2 Å². The van der Waals surface area contributed by atoms with Gasteiger partial charge in [-0.2, -0.15) is 0 Å². The van der Waals surface area contributed by atoms with Gasteiger partial charge in [0, 0.05) is 18.5 Å². The summed E-state index contributed by atoms with van der Waals surface area (Å²) >= 11 is 0. The molecular formula is C28H36N2O6. The molecule has 8 heteroatoms. The zero-order valence-corrected chi connectivity index (χ0v) is 21.7. The molecule has 1 heterocycles. The Balaban J connectivity index is 2.07. The third-order valence-corrected chi connectivity index (χ3v) is 6.32. The first-order valence-electron chi connectivity index (χ1n) is 12.4. The summed E-state index contributed by atoms with van der Waals surface area (Å²) in [5, 5.41) is 23.8. The number of aromatic hydroxyl groups is 1. The van der Waals surface area contributed by atoms with Gasteiger partial charge in [-0.1, -0.05) is 31.2 Å². The fraction of sp³-hybridized carbons (Fsp3) is 0.429. The molecule has 0 aliphatic carbocycles. The predicted octanol–water partition coefficient (Wildman–Crippen LogP) is 1.65. The van der Waals surface area contributed by atoms with Crippen LogP contribution >= 0.6 is 0 Å². The van der Waals surface area contributed by atoms with Crippen LogP contribution in [0.5, 0.6) is 17.2 Å². The van der Waals surface area contributed by atoms with Gasteiger partial charge in [-0.15, -0.1) is 0 Å². The van der Waals surface area contributed by atoms with Gasteiger partial charge in [0.2, 0.25) is 5.78 Å². The second-order valence-electron chi connectivity index (χ2n) is 9.40. The van der Waals surface area contributed by atoms with Gasteiger partial charge in [-0.05, 0) is 54.3 Å². The van der Waals surface area contributed by atoms with Crippen LogP contribution in [0.25, 0.3) is 5.76 Å². The van der Waals surface area contributed by atoms with Crippen molar-refractivity contribution in [2.45, 2.75) is 39.2 Å². The molecule has 0 radical (unpaired) electrons. The number of amides is 1. The Morgan fingerprint density at radius 3 is 2.50 bits per heavy atom. The van der Waals surface area contributed by atoms with Crippen molar-refractivity contribution in [2.24, 2.45) is 0 Å². The summed E-state index contributed by atoms with van der Waals surface area (Å²) in [6.45, 7) is 5.64. The highest BCUT2D eigenvalue weighted by Gasteiger charge is 2.44. The molecule has 1 atom stereocenters. The Bertz CT molecular complexity index is 1140. The number of phenols is 1. The number of likely N-dealkylation sites (tertiary alicyclic amines) is 1. The van der Waals surface area contributed by atoms with E-state index in [4.69, 9.17) is 9.47 Å². The summed E-state index contributed by atoms with van der Waals surface area (Å²) in [5.41, 5.74) is 1.54. The Labute approximate surface area is 212 Å². The summed E-state index contributed by atoms with van der Waals surface area (Å²) in [6, 6.07) is 8.81. The minimum Gasteiger partial charge on any atom is -0.872 e. The fourth-order valence-corrected chi connectivity index (χ4v) is 4.35. The number of rotatable bonds is 11. The van der Waals surface area contributed by atoms with Gasteiger partial charge >= 0.3 is 0 Å². The van der Waals surface area contributed by atoms with E-state index in [2.05, 4.69) is 6.92 Å². The van der Waals surface area contributed by atoms with Gasteiger partial charge in [0.25, 0.3) is 5.91 Å². The minimum absolute atomic E-state index is 0.0678. The van der Waals surface area contributed by atoms with Crippen LogP contribution in [0.15, 0.2) is 42.0 Å². The number of carbonyl (C=O) groups excluding carboxylic acids is 2. The van der Waals surface area contributed by atoms with Crippen molar-refractivity contribution in [2.75, 3.05) is 40.9 Å². The number of quaternary nitrogens is 1. The second-order valence-corrected chi connectivity index (χ2v) is 9.40. The SMILES string of the molecule is CCCCOc1ccc(/C([O-])=C2\C(=O)C(=O)N(CCC[NH+](C)C)C2c2ccc(O)c(OC)c2)cc1C. The maximum absolute atomic E-state index is 13.7. The molecule has 36 heavy (non-hydrogen) atoms. The van der Waals surface area contributed by atoms with Crippen LogP contribution in [0.2, 0.25) is 0 Å². The van der Waals surface area contributed by atoms with Crippen LogP contribution in [0.3, 0.4) is 0 Å². The average molecular weight is 497 g/mol. The molecule has 1 unspecified atom stereocenters. The van der Waals surface area contributed by atoms with Gasteiger partial charge < -0.3 is 29.5 Å². The third kappa shape index (κ3) is 5.82. The molecule has 1 amide bonds. The lowest BCUT2D eigenvalue weighted by Gasteiger charge is -2.28. The van der Waals surface area contributed by atoms with Crippen LogP contribution in [-0.4, -0.2) is 62.6 Å². The summed E-state index contributed by atoms with van der Waals surface area (Å²) in [7, 11) is 5.45. The van der Waals surface area contributed by atoms with E-state index in [1.165, 1.54) is 23.0 Å². The van der Waals surface area contributed by atoms with Crippen molar-refractivity contribution < 1.29 is 34.2 Å². The monoisotopic (exact) mass is 496 g/mol. The van der Waals surface area contributed by atoms with E-state index in [-0.39, 0.29) is 17.1 Å². The van der Waals surface area contributed by atoms with E-state index in [1.807, 2.05) is 21.0 Å². The van der Waals surface area contributed by atoms with E-state index >= 15 is 0 Å². The lowest BCUT2D eigenvalue weighted by molar-refractivity contribution is -0.858. The number of carbonyl (C=O) groups is 2. The van der Waals surface area contributed by atoms with E-state index in [0.717, 1.165) is 24.9 Å². The number of hydrogen-bond donors (Lipinski definition) is 2. The number of unbranched alkanes of at least 4 members (excludes halogenated alkanes) is 1. The van der Waals surface area contributed by atoms with Crippen molar-refractivity contribution in [1.82, 2.24) is 4.90 Å². The molecule has 0 saturated carbocycles. The first-order valence-corrected chi connectivity index (χ1v) is 12.4. The molecule has 8 nitrogen and oxygen atoms in total. The maximum atomic E-state index is 13.7. The summed E-state index contributed by atoms with van der Waals surface area (Å²) in [5.74, 6) is -1.16. The van der Waals surface area contributed by atoms with Crippen molar-refractivity contribution in [3.63, 3.8) is 0 Å². The standard InChI is InChI=1S/C28H36N2O6/c1-6-7-15-36-22-12-10-20(16-18(22)2)26(32)24-25(19-9-11-21(31)23(17-19)35-5)30(28(34)27(24)33)14-8-13-29(3)4/h9-12,16-17,25,31-32H,6-8,13-15H2,1-5H3/b26-24+. The number of Topliss-reactive ketones (excluding diaryl/α,β-unsaturated/α-hetero) is 1. The zero-order chi connectivity index (χ0) is 26.4. The average Bonchev–Trinajstić information content (AvgIpc) is 3.10. The van der Waals surface area contributed by atoms with Crippen molar-refractivity contribution in [1.29, 1.82) is 0 Å². The molecule has 1 aliphatic heterocycles. The van der Waals surface area contributed by atoms with Gasteiger partial charge in [0.05, 0.1) is 40.4 Å². The topological polar surface area (TPSA) is 104 Å². The van der Waals surface area contributed by atoms with E-state index in [0.29, 0.717) is 36.4 Å². The number of aryl methyl sites for hydroxylation is 1. The predicted molar refractivity (Wildman–Crippen MR) is 135 cm³/mol. The lowest BCUT2D eigenvalue weighted by Crippen LogP contribution is -3.05. The Hall–Kier alpha value is -3.52. The molecule has 1 fully saturated rings. The van der Waals surface area contributed by atoms with Crippen LogP contribution in [-0.2, 0) is 9.59 Å². The van der Waals surface area contributed by atoms with E-state index < -0.39 is 23.5 Å². The van der Waals surface area contributed by atoms with Crippen LogP contribution < -0.4 is 19.5 Å². The Kier molecular flexibility index (Phi) is 8.98. The maximum Gasteiger partial charge on any atom is 0.295 e. The quantitative estimate of drug-likeness (QED) is 0.212. The van der Waals surface area contributed by atoms with Gasteiger partial charge in [-0.25, -0.2) is 0 Å². The summed E-state index contributed by atoms with van der Waals surface area (Å²) < 4.78 is 11.0. The summed E-state index contributed by atoms with van der Waals surface area (Å²) in [4.78, 5) is 29.0. The molecular weight excluding hydrogens is 460 g/mol. The van der Waals surface area contributed by atoms with Gasteiger partial charge in [0.1, 0.15) is 5.75 Å². The fourth-order valence-electron chi connectivity index (χ4n) is 4.35. The van der Waals surface area contributed by atoms with E-state index in [9.17, 15) is 19.8 Å². The minimum atomic E-state index is -0.870. The normalized spacial score (nSPS) is 17.2. The molecule has 2 aromatic carbocycles. The first kappa shape index (κ1) is 27.1. The van der Waals surface area contributed by atoms with Crippen LogP contribution in [0, 0.1) is 6.92 Å². The number of hydrogen-bond acceptors (Lipinski definition) is 6. The molecule has 0 bridgehead atoms. The Morgan fingerprint density at radius 2 is 1.86 bits per heavy atom.